The average molecular weight is 286 g/mol. The Morgan fingerprint density at radius 3 is 2.56 bits per heavy atom. The molecule has 0 spiro atoms. The molecule has 1 aromatic rings. The Bertz CT molecular complexity index is 426. The number of benzene rings is 1. The monoisotopic (exact) mass is 285 g/mol. The molecule has 0 aliphatic carbocycles. The lowest BCUT2D eigenvalue weighted by Gasteiger charge is -2.40. The predicted molar refractivity (Wildman–Crippen MR) is 74.7 cm³/mol. The van der Waals surface area contributed by atoms with Gasteiger partial charge in [-0.05, 0) is 37.8 Å². The number of hydrogen-bond donors (Lipinski definition) is 1. The zero-order valence-electron chi connectivity index (χ0n) is 10.2. The van der Waals surface area contributed by atoms with E-state index in [0.29, 0.717) is 27.9 Å². The van der Waals surface area contributed by atoms with E-state index in [1.165, 1.54) is 19.3 Å². The molecule has 0 unspecified atom stereocenters. The van der Waals surface area contributed by atoms with Crippen molar-refractivity contribution in [3.63, 3.8) is 0 Å². The minimum Gasteiger partial charge on any atom is -0.489 e. The smallest absolute Gasteiger partial charge is 0.139 e. The maximum atomic E-state index is 6.16. The second kappa shape index (κ2) is 5.28. The molecule has 0 saturated carbocycles. The normalized spacial score (nSPS) is 31.1. The molecule has 2 aliphatic rings. The van der Waals surface area contributed by atoms with E-state index in [9.17, 15) is 0 Å². The van der Waals surface area contributed by atoms with Crippen molar-refractivity contribution >= 4 is 23.2 Å². The molecular weight excluding hydrogens is 269 g/mol. The standard InChI is InChI=1S/C14H17Cl2NO/c15-12-5-2-6-13(14(12)16)18-11-7-9-3-1-4-10(8-11)17-9/h2,5-6,9-11,17H,1,3-4,7-8H2/t9-,10-/m0/s1. The highest BCUT2D eigenvalue weighted by Gasteiger charge is 2.32. The first-order chi connectivity index (χ1) is 8.72. The molecule has 2 saturated heterocycles. The SMILES string of the molecule is Clc1cccc(OC2C[C@@H]3CCC[C@@H](C2)N3)c1Cl. The summed E-state index contributed by atoms with van der Waals surface area (Å²) in [4.78, 5) is 0. The summed E-state index contributed by atoms with van der Waals surface area (Å²) in [7, 11) is 0. The van der Waals surface area contributed by atoms with Gasteiger partial charge in [-0.15, -0.1) is 0 Å². The van der Waals surface area contributed by atoms with Crippen molar-refractivity contribution in [2.75, 3.05) is 0 Å². The molecule has 2 fully saturated rings. The van der Waals surface area contributed by atoms with Crippen molar-refractivity contribution in [3.8, 4) is 5.75 Å². The van der Waals surface area contributed by atoms with Crippen LogP contribution in [0.5, 0.6) is 5.75 Å². The molecule has 2 aliphatic heterocycles. The molecule has 2 atom stereocenters. The van der Waals surface area contributed by atoms with Gasteiger partial charge in [-0.1, -0.05) is 35.7 Å². The minimum atomic E-state index is 0.262. The Morgan fingerprint density at radius 2 is 1.83 bits per heavy atom. The number of halogens is 2. The van der Waals surface area contributed by atoms with Gasteiger partial charge in [0, 0.05) is 12.1 Å². The molecule has 2 nitrogen and oxygen atoms in total. The molecule has 4 heteroatoms. The van der Waals surface area contributed by atoms with Crippen LogP contribution < -0.4 is 10.1 Å². The van der Waals surface area contributed by atoms with Crippen LogP contribution in [0.1, 0.15) is 32.1 Å². The number of ether oxygens (including phenoxy) is 1. The Balaban J connectivity index is 1.71. The Morgan fingerprint density at radius 1 is 1.11 bits per heavy atom. The Kier molecular flexibility index (Phi) is 3.69. The van der Waals surface area contributed by atoms with Crippen LogP contribution in [0.2, 0.25) is 10.0 Å². The van der Waals surface area contributed by atoms with Crippen molar-refractivity contribution in [3.05, 3.63) is 28.2 Å². The Labute approximate surface area is 118 Å². The maximum Gasteiger partial charge on any atom is 0.139 e. The first-order valence-corrected chi connectivity index (χ1v) is 7.34. The molecule has 2 bridgehead atoms. The van der Waals surface area contributed by atoms with Crippen LogP contribution in [0.25, 0.3) is 0 Å². The number of rotatable bonds is 2. The van der Waals surface area contributed by atoms with Crippen molar-refractivity contribution in [1.82, 2.24) is 5.32 Å². The van der Waals surface area contributed by atoms with Gasteiger partial charge in [-0.2, -0.15) is 0 Å². The van der Waals surface area contributed by atoms with Crippen LogP contribution in [0.15, 0.2) is 18.2 Å². The summed E-state index contributed by atoms with van der Waals surface area (Å²) in [6.07, 6.45) is 6.27. The zero-order chi connectivity index (χ0) is 12.5. The second-order valence-corrected chi connectivity index (χ2v) is 6.04. The molecule has 3 rings (SSSR count). The fourth-order valence-electron chi connectivity index (χ4n) is 3.06. The highest BCUT2D eigenvalue weighted by Crippen LogP contribution is 2.35. The third-order valence-electron chi connectivity index (χ3n) is 3.88. The van der Waals surface area contributed by atoms with E-state index in [4.69, 9.17) is 27.9 Å². The molecule has 98 valence electrons. The van der Waals surface area contributed by atoms with E-state index in [-0.39, 0.29) is 6.10 Å². The van der Waals surface area contributed by atoms with Crippen LogP contribution in [0.4, 0.5) is 0 Å². The van der Waals surface area contributed by atoms with E-state index in [0.717, 1.165) is 12.8 Å². The van der Waals surface area contributed by atoms with Crippen molar-refractivity contribution in [2.45, 2.75) is 50.3 Å². The summed E-state index contributed by atoms with van der Waals surface area (Å²) in [6, 6.07) is 6.78. The van der Waals surface area contributed by atoms with E-state index in [1.54, 1.807) is 6.07 Å². The minimum absolute atomic E-state index is 0.262. The van der Waals surface area contributed by atoms with Crippen molar-refractivity contribution < 1.29 is 4.74 Å². The fourth-order valence-corrected chi connectivity index (χ4v) is 3.40. The first-order valence-electron chi connectivity index (χ1n) is 6.59. The van der Waals surface area contributed by atoms with Gasteiger partial charge < -0.3 is 10.1 Å². The van der Waals surface area contributed by atoms with Gasteiger partial charge >= 0.3 is 0 Å². The second-order valence-electron chi connectivity index (χ2n) is 5.25. The largest absolute Gasteiger partial charge is 0.489 e. The zero-order valence-corrected chi connectivity index (χ0v) is 11.7. The average Bonchev–Trinajstić information content (AvgIpc) is 2.35. The van der Waals surface area contributed by atoms with Crippen LogP contribution in [0.3, 0.4) is 0 Å². The maximum absolute atomic E-state index is 6.16. The van der Waals surface area contributed by atoms with Crippen molar-refractivity contribution in [2.24, 2.45) is 0 Å². The highest BCUT2D eigenvalue weighted by atomic mass is 35.5. The van der Waals surface area contributed by atoms with E-state index < -0.39 is 0 Å². The molecule has 0 amide bonds. The quantitative estimate of drug-likeness (QED) is 0.885. The van der Waals surface area contributed by atoms with Gasteiger partial charge in [0.1, 0.15) is 16.9 Å². The molecule has 0 aromatic heterocycles. The number of hydrogen-bond acceptors (Lipinski definition) is 2. The molecular formula is C14H17Cl2NO. The summed E-state index contributed by atoms with van der Waals surface area (Å²) < 4.78 is 6.05. The molecule has 18 heavy (non-hydrogen) atoms. The van der Waals surface area contributed by atoms with Crippen LogP contribution in [-0.2, 0) is 0 Å². The lowest BCUT2D eigenvalue weighted by atomic mass is 9.85. The van der Waals surface area contributed by atoms with Gasteiger partial charge in [0.05, 0.1) is 5.02 Å². The topological polar surface area (TPSA) is 21.3 Å². The predicted octanol–water partition coefficient (Wildman–Crippen LogP) is 4.05. The molecule has 0 radical (unpaired) electrons. The van der Waals surface area contributed by atoms with Crippen LogP contribution in [0, 0.1) is 0 Å². The number of piperidine rings is 2. The summed E-state index contributed by atoms with van der Waals surface area (Å²) in [5.74, 6) is 0.717. The number of nitrogens with one attached hydrogen (secondary N) is 1. The third kappa shape index (κ3) is 2.61. The summed E-state index contributed by atoms with van der Waals surface area (Å²) >= 11 is 12.2. The lowest BCUT2D eigenvalue weighted by molar-refractivity contribution is 0.0928. The van der Waals surface area contributed by atoms with Crippen molar-refractivity contribution in [1.29, 1.82) is 0 Å². The van der Waals surface area contributed by atoms with E-state index in [1.807, 2.05) is 12.1 Å². The summed E-state index contributed by atoms with van der Waals surface area (Å²) in [6.45, 7) is 0. The summed E-state index contributed by atoms with van der Waals surface area (Å²) in [5.41, 5.74) is 0. The first kappa shape index (κ1) is 12.6. The molecule has 1 aromatic carbocycles. The van der Waals surface area contributed by atoms with E-state index >= 15 is 0 Å². The van der Waals surface area contributed by atoms with Crippen LogP contribution >= 0.6 is 23.2 Å². The lowest BCUT2D eigenvalue weighted by Crippen LogP contribution is -2.51. The summed E-state index contributed by atoms with van der Waals surface area (Å²) in [5, 5.41) is 4.74. The fraction of sp³-hybridized carbons (Fsp3) is 0.571. The van der Waals surface area contributed by atoms with Gasteiger partial charge in [-0.25, -0.2) is 0 Å². The van der Waals surface area contributed by atoms with E-state index in [2.05, 4.69) is 5.32 Å². The Hall–Kier alpha value is -0.440. The third-order valence-corrected chi connectivity index (χ3v) is 4.68. The van der Waals surface area contributed by atoms with Gasteiger partial charge in [-0.3, -0.25) is 0 Å². The van der Waals surface area contributed by atoms with Gasteiger partial charge in [0.15, 0.2) is 0 Å². The molecule has 1 N–H and O–H groups in total. The molecule has 2 heterocycles. The van der Waals surface area contributed by atoms with Crippen LogP contribution in [-0.4, -0.2) is 18.2 Å². The number of fused-ring (bicyclic) bond motifs is 2. The van der Waals surface area contributed by atoms with Gasteiger partial charge in [0.25, 0.3) is 0 Å². The highest BCUT2D eigenvalue weighted by molar-refractivity contribution is 6.42. The van der Waals surface area contributed by atoms with Gasteiger partial charge in [0.2, 0.25) is 0 Å².